The van der Waals surface area contributed by atoms with Gasteiger partial charge >= 0.3 is 6.18 Å². The van der Waals surface area contributed by atoms with E-state index >= 15 is 0 Å². The average Bonchev–Trinajstić information content (AvgIpc) is 2.45. The highest BCUT2D eigenvalue weighted by atomic mass is 32.2. The molecule has 0 aliphatic carbocycles. The van der Waals surface area contributed by atoms with Crippen molar-refractivity contribution >= 4 is 11.8 Å². The zero-order chi connectivity index (χ0) is 14.6. The minimum atomic E-state index is -4.14. The van der Waals surface area contributed by atoms with E-state index in [1.165, 1.54) is 0 Å². The molecule has 0 aromatic rings. The van der Waals surface area contributed by atoms with Crippen molar-refractivity contribution in [3.05, 3.63) is 12.2 Å². The van der Waals surface area contributed by atoms with Crippen molar-refractivity contribution in [2.75, 3.05) is 26.0 Å². The Bertz CT molecular complexity index is 322. The van der Waals surface area contributed by atoms with Gasteiger partial charge in [-0.15, -0.1) is 0 Å². The van der Waals surface area contributed by atoms with Crippen LogP contribution in [0, 0.1) is 5.92 Å². The number of hydrogen-bond donors (Lipinski definition) is 1. The molecule has 0 bridgehead atoms. The van der Waals surface area contributed by atoms with Crippen molar-refractivity contribution in [3.8, 4) is 0 Å². The molecule has 2 fully saturated rings. The maximum atomic E-state index is 12.5. The molecule has 2 atom stereocenters. The molecule has 7 heteroatoms. The van der Waals surface area contributed by atoms with Crippen LogP contribution >= 0.6 is 11.8 Å². The van der Waals surface area contributed by atoms with Crippen LogP contribution in [0.25, 0.3) is 0 Å². The standard InChI is InChI=1S/C13H20F3NO2S/c1-20-10-7-18-12(19-8-10)5-3-9-2-4-11(17-6-9)13(14,15)16/h3,5,9-12,17H,2,4,6-8H2,1H3/b5-3+. The second-order valence-corrected chi connectivity index (χ2v) is 6.26. The van der Waals surface area contributed by atoms with Crippen LogP contribution in [0.4, 0.5) is 13.2 Å². The first-order chi connectivity index (χ1) is 9.49. The van der Waals surface area contributed by atoms with Gasteiger partial charge in [0.05, 0.1) is 18.5 Å². The molecule has 2 aliphatic heterocycles. The maximum Gasteiger partial charge on any atom is 0.403 e. The van der Waals surface area contributed by atoms with E-state index in [0.29, 0.717) is 31.4 Å². The number of nitrogens with one attached hydrogen (secondary N) is 1. The molecule has 0 amide bonds. The highest BCUT2D eigenvalue weighted by Gasteiger charge is 2.41. The molecular formula is C13H20F3NO2S. The zero-order valence-corrected chi connectivity index (χ0v) is 12.2. The fraction of sp³-hybridized carbons (Fsp3) is 0.846. The highest BCUT2D eigenvalue weighted by Crippen LogP contribution is 2.28. The Hall–Kier alpha value is -0.240. The van der Waals surface area contributed by atoms with Gasteiger partial charge in [-0.05, 0) is 31.1 Å². The molecule has 0 radical (unpaired) electrons. The normalized spacial score (nSPS) is 36.4. The lowest BCUT2D eigenvalue weighted by molar-refractivity contribution is -0.161. The second kappa shape index (κ2) is 7.15. The van der Waals surface area contributed by atoms with Crippen LogP contribution in [0.5, 0.6) is 0 Å². The van der Waals surface area contributed by atoms with Crippen molar-refractivity contribution in [2.45, 2.75) is 36.6 Å². The van der Waals surface area contributed by atoms with Crippen LogP contribution in [-0.4, -0.2) is 49.8 Å². The first-order valence-corrected chi connectivity index (χ1v) is 8.02. The van der Waals surface area contributed by atoms with Gasteiger partial charge in [0, 0.05) is 6.54 Å². The Balaban J connectivity index is 1.72. The molecule has 2 unspecified atom stereocenters. The second-order valence-electron chi connectivity index (χ2n) is 5.12. The van der Waals surface area contributed by atoms with Crippen molar-refractivity contribution in [1.82, 2.24) is 5.32 Å². The molecule has 0 aromatic carbocycles. The van der Waals surface area contributed by atoms with Crippen molar-refractivity contribution in [2.24, 2.45) is 5.92 Å². The predicted octanol–water partition coefficient (Wildman–Crippen LogP) is 2.58. The van der Waals surface area contributed by atoms with Gasteiger partial charge < -0.3 is 14.8 Å². The van der Waals surface area contributed by atoms with E-state index in [4.69, 9.17) is 9.47 Å². The maximum absolute atomic E-state index is 12.5. The number of rotatable bonds is 3. The quantitative estimate of drug-likeness (QED) is 0.812. The van der Waals surface area contributed by atoms with E-state index in [9.17, 15) is 13.2 Å². The zero-order valence-electron chi connectivity index (χ0n) is 11.4. The topological polar surface area (TPSA) is 30.5 Å². The summed E-state index contributed by atoms with van der Waals surface area (Å²) in [5.74, 6) is 0.110. The third-order valence-electron chi connectivity index (χ3n) is 3.61. The Labute approximate surface area is 121 Å². The van der Waals surface area contributed by atoms with E-state index in [2.05, 4.69) is 5.32 Å². The summed E-state index contributed by atoms with van der Waals surface area (Å²) < 4.78 is 48.5. The number of hydrogen-bond acceptors (Lipinski definition) is 4. The summed E-state index contributed by atoms with van der Waals surface area (Å²) in [7, 11) is 0. The summed E-state index contributed by atoms with van der Waals surface area (Å²) in [5.41, 5.74) is 0. The van der Waals surface area contributed by atoms with E-state index in [1.54, 1.807) is 11.8 Å². The lowest BCUT2D eigenvalue weighted by Crippen LogP contribution is -2.47. The lowest BCUT2D eigenvalue weighted by atomic mass is 9.94. The van der Waals surface area contributed by atoms with Gasteiger partial charge in [0.15, 0.2) is 6.29 Å². The van der Waals surface area contributed by atoms with Gasteiger partial charge in [0.1, 0.15) is 6.04 Å². The summed E-state index contributed by atoms with van der Waals surface area (Å²) in [6.07, 6.45) is 1.89. The third kappa shape index (κ3) is 4.65. The minimum Gasteiger partial charge on any atom is -0.348 e. The average molecular weight is 311 g/mol. The molecule has 0 saturated carbocycles. The van der Waals surface area contributed by atoms with Crippen molar-refractivity contribution in [1.29, 1.82) is 0 Å². The fourth-order valence-corrected chi connectivity index (χ4v) is 2.75. The fourth-order valence-electron chi connectivity index (χ4n) is 2.32. The number of halogens is 3. The highest BCUT2D eigenvalue weighted by molar-refractivity contribution is 7.99. The molecule has 20 heavy (non-hydrogen) atoms. The number of alkyl halides is 3. The molecule has 0 aromatic heterocycles. The van der Waals surface area contributed by atoms with Crippen LogP contribution in [0.2, 0.25) is 0 Å². The summed E-state index contributed by atoms with van der Waals surface area (Å²) in [5, 5.41) is 2.92. The molecule has 2 heterocycles. The lowest BCUT2D eigenvalue weighted by Gasteiger charge is -2.30. The Morgan fingerprint density at radius 1 is 1.15 bits per heavy atom. The van der Waals surface area contributed by atoms with E-state index in [0.717, 1.165) is 0 Å². The van der Waals surface area contributed by atoms with Crippen LogP contribution in [0.1, 0.15) is 12.8 Å². The minimum absolute atomic E-state index is 0.110. The molecule has 1 N–H and O–H groups in total. The predicted molar refractivity (Wildman–Crippen MR) is 72.7 cm³/mol. The smallest absolute Gasteiger partial charge is 0.348 e. The number of thioether (sulfide) groups is 1. The van der Waals surface area contributed by atoms with Crippen molar-refractivity contribution < 1.29 is 22.6 Å². The van der Waals surface area contributed by atoms with Crippen LogP contribution in [-0.2, 0) is 9.47 Å². The van der Waals surface area contributed by atoms with E-state index in [1.807, 2.05) is 18.4 Å². The van der Waals surface area contributed by atoms with Gasteiger partial charge in [-0.1, -0.05) is 6.08 Å². The van der Waals surface area contributed by atoms with Crippen LogP contribution < -0.4 is 5.32 Å². The van der Waals surface area contributed by atoms with Gasteiger partial charge in [-0.25, -0.2) is 0 Å². The van der Waals surface area contributed by atoms with Gasteiger partial charge in [-0.2, -0.15) is 24.9 Å². The van der Waals surface area contributed by atoms with Crippen LogP contribution in [0.3, 0.4) is 0 Å². The monoisotopic (exact) mass is 311 g/mol. The Morgan fingerprint density at radius 2 is 1.85 bits per heavy atom. The van der Waals surface area contributed by atoms with Gasteiger partial charge in [0.2, 0.25) is 0 Å². The Morgan fingerprint density at radius 3 is 2.35 bits per heavy atom. The first kappa shape index (κ1) is 16.1. The van der Waals surface area contributed by atoms with E-state index < -0.39 is 12.2 Å². The molecule has 2 aliphatic rings. The molecule has 0 spiro atoms. The summed E-state index contributed by atoms with van der Waals surface area (Å²) in [6, 6.07) is -1.36. The Kier molecular flexibility index (Phi) is 5.77. The SMILES string of the molecule is CSC1COC(/C=C/C2CCC(C(F)(F)F)NC2)OC1. The third-order valence-corrected chi connectivity index (χ3v) is 4.55. The molecule has 3 nitrogen and oxygen atoms in total. The summed E-state index contributed by atoms with van der Waals surface area (Å²) >= 11 is 1.71. The molecular weight excluding hydrogens is 291 g/mol. The van der Waals surface area contributed by atoms with Crippen LogP contribution in [0.15, 0.2) is 12.2 Å². The number of ether oxygens (including phenoxy) is 2. The van der Waals surface area contributed by atoms with Gasteiger partial charge in [0.25, 0.3) is 0 Å². The molecule has 2 saturated heterocycles. The first-order valence-electron chi connectivity index (χ1n) is 6.73. The number of piperidine rings is 1. The largest absolute Gasteiger partial charge is 0.403 e. The van der Waals surface area contributed by atoms with E-state index in [-0.39, 0.29) is 18.6 Å². The molecule has 116 valence electrons. The molecule has 2 rings (SSSR count). The summed E-state index contributed by atoms with van der Waals surface area (Å²) in [6.45, 7) is 1.64. The van der Waals surface area contributed by atoms with Crippen molar-refractivity contribution in [3.63, 3.8) is 0 Å². The summed E-state index contributed by atoms with van der Waals surface area (Å²) in [4.78, 5) is 0. The van der Waals surface area contributed by atoms with Gasteiger partial charge in [-0.3, -0.25) is 0 Å².